The minimum atomic E-state index is -0.444. The van der Waals surface area contributed by atoms with Gasteiger partial charge in [-0.2, -0.15) is 10.2 Å². The highest BCUT2D eigenvalue weighted by Crippen LogP contribution is 2.12. The average molecular weight is 228 g/mol. The van der Waals surface area contributed by atoms with Gasteiger partial charge in [0.15, 0.2) is 5.69 Å². The van der Waals surface area contributed by atoms with Gasteiger partial charge in [0.1, 0.15) is 6.26 Å². The van der Waals surface area contributed by atoms with Crippen molar-refractivity contribution >= 4 is 17.6 Å². The maximum absolute atomic E-state index is 11.7. The fraction of sp³-hybridized carbons (Fsp3) is 0. The monoisotopic (exact) mass is 228 g/mol. The summed E-state index contributed by atoms with van der Waals surface area (Å²) in [6.07, 6.45) is 1.17. The zero-order valence-corrected chi connectivity index (χ0v) is 8.68. The second-order valence-corrected chi connectivity index (χ2v) is 3.22. The third-order valence-corrected chi connectivity index (χ3v) is 2.00. The van der Waals surface area contributed by atoms with Gasteiger partial charge in [0.25, 0.3) is 11.9 Å². The van der Waals surface area contributed by atoms with E-state index in [9.17, 15) is 4.79 Å². The molecule has 0 saturated heterocycles. The average Bonchev–Trinajstić information content (AvgIpc) is 2.76. The number of hydrogen-bond donors (Lipinski definition) is 2. The lowest BCUT2D eigenvalue weighted by Crippen LogP contribution is -2.12. The molecule has 84 valence electrons. The Balaban J connectivity index is 2.16. The fourth-order valence-electron chi connectivity index (χ4n) is 1.25. The SMILES string of the molecule is N#Cc1cccc(NC(=O)c2coc(N)n2)c1. The summed E-state index contributed by atoms with van der Waals surface area (Å²) in [5.41, 5.74) is 6.31. The predicted octanol–water partition coefficient (Wildman–Crippen LogP) is 1.38. The molecule has 0 bridgehead atoms. The van der Waals surface area contributed by atoms with E-state index in [2.05, 4.69) is 10.3 Å². The number of carbonyl (C=O) groups is 1. The zero-order valence-electron chi connectivity index (χ0n) is 8.68. The van der Waals surface area contributed by atoms with Crippen LogP contribution >= 0.6 is 0 Å². The molecule has 0 radical (unpaired) electrons. The standard InChI is InChI=1S/C11H8N4O2/c12-5-7-2-1-3-8(4-7)14-10(16)9-6-17-11(13)15-9/h1-4,6H,(H2,13,15)(H,14,16). The summed E-state index contributed by atoms with van der Waals surface area (Å²) in [6, 6.07) is 8.45. The first-order valence-electron chi connectivity index (χ1n) is 4.71. The Hall–Kier alpha value is -2.81. The number of nitrogens with zero attached hydrogens (tertiary/aromatic N) is 2. The molecule has 0 fully saturated rings. The van der Waals surface area contributed by atoms with Gasteiger partial charge in [-0.1, -0.05) is 6.07 Å². The number of oxazole rings is 1. The minimum Gasteiger partial charge on any atom is -0.431 e. The Bertz CT molecular complexity index is 598. The van der Waals surface area contributed by atoms with Crippen LogP contribution in [0, 0.1) is 11.3 Å². The van der Waals surface area contributed by atoms with Crippen LogP contribution < -0.4 is 11.1 Å². The van der Waals surface area contributed by atoms with Gasteiger partial charge in [-0.15, -0.1) is 0 Å². The molecule has 1 aromatic carbocycles. The molecule has 6 nitrogen and oxygen atoms in total. The van der Waals surface area contributed by atoms with E-state index in [1.807, 2.05) is 6.07 Å². The summed E-state index contributed by atoms with van der Waals surface area (Å²) in [5, 5.41) is 11.3. The van der Waals surface area contributed by atoms with Crippen molar-refractivity contribution < 1.29 is 9.21 Å². The molecule has 2 aromatic rings. The van der Waals surface area contributed by atoms with E-state index in [1.165, 1.54) is 6.26 Å². The highest BCUT2D eigenvalue weighted by molar-refractivity contribution is 6.02. The van der Waals surface area contributed by atoms with E-state index in [0.29, 0.717) is 11.3 Å². The smallest absolute Gasteiger partial charge is 0.292 e. The highest BCUT2D eigenvalue weighted by atomic mass is 16.4. The molecule has 1 aromatic heterocycles. The van der Waals surface area contributed by atoms with Gasteiger partial charge in [0.05, 0.1) is 11.6 Å². The van der Waals surface area contributed by atoms with Gasteiger partial charge in [-0.3, -0.25) is 4.79 Å². The highest BCUT2D eigenvalue weighted by Gasteiger charge is 2.11. The normalized spacial score (nSPS) is 9.59. The summed E-state index contributed by atoms with van der Waals surface area (Å²) in [4.78, 5) is 15.3. The van der Waals surface area contributed by atoms with Crippen LogP contribution in [-0.2, 0) is 0 Å². The van der Waals surface area contributed by atoms with Crippen LogP contribution in [0.25, 0.3) is 0 Å². The van der Waals surface area contributed by atoms with Gasteiger partial charge >= 0.3 is 0 Å². The number of anilines is 2. The molecule has 0 spiro atoms. The number of aromatic nitrogens is 1. The van der Waals surface area contributed by atoms with Crippen molar-refractivity contribution in [2.75, 3.05) is 11.1 Å². The molecule has 0 unspecified atom stereocenters. The molecule has 0 aliphatic heterocycles. The van der Waals surface area contributed by atoms with Crippen LogP contribution in [0.2, 0.25) is 0 Å². The van der Waals surface area contributed by atoms with Crippen molar-refractivity contribution in [3.8, 4) is 6.07 Å². The van der Waals surface area contributed by atoms with Crippen LogP contribution in [0.1, 0.15) is 16.1 Å². The van der Waals surface area contributed by atoms with Gasteiger partial charge < -0.3 is 15.5 Å². The lowest BCUT2D eigenvalue weighted by molar-refractivity contribution is 0.102. The van der Waals surface area contributed by atoms with E-state index in [4.69, 9.17) is 15.4 Å². The number of rotatable bonds is 2. The Morgan fingerprint density at radius 2 is 2.35 bits per heavy atom. The van der Waals surface area contributed by atoms with Crippen molar-refractivity contribution in [1.29, 1.82) is 5.26 Å². The van der Waals surface area contributed by atoms with Crippen molar-refractivity contribution in [1.82, 2.24) is 4.98 Å². The lowest BCUT2D eigenvalue weighted by Gasteiger charge is -2.02. The number of nitriles is 1. The molecular weight excluding hydrogens is 220 g/mol. The number of nitrogens with one attached hydrogen (secondary N) is 1. The lowest BCUT2D eigenvalue weighted by atomic mass is 10.2. The maximum Gasteiger partial charge on any atom is 0.292 e. The Morgan fingerprint density at radius 1 is 1.53 bits per heavy atom. The van der Waals surface area contributed by atoms with E-state index >= 15 is 0 Å². The summed E-state index contributed by atoms with van der Waals surface area (Å²) in [6.45, 7) is 0. The molecule has 1 heterocycles. The van der Waals surface area contributed by atoms with Crippen LogP contribution in [0.3, 0.4) is 0 Å². The van der Waals surface area contributed by atoms with Crippen LogP contribution in [0.4, 0.5) is 11.7 Å². The van der Waals surface area contributed by atoms with Gasteiger partial charge in [0.2, 0.25) is 0 Å². The number of nitrogen functional groups attached to an aromatic ring is 1. The second-order valence-electron chi connectivity index (χ2n) is 3.22. The van der Waals surface area contributed by atoms with Crippen molar-refractivity contribution in [2.45, 2.75) is 0 Å². The van der Waals surface area contributed by atoms with Crippen LogP contribution in [0.5, 0.6) is 0 Å². The van der Waals surface area contributed by atoms with Crippen molar-refractivity contribution in [2.24, 2.45) is 0 Å². The zero-order chi connectivity index (χ0) is 12.3. The van der Waals surface area contributed by atoms with E-state index in [0.717, 1.165) is 0 Å². The minimum absolute atomic E-state index is 0.0686. The number of benzene rings is 1. The second kappa shape index (κ2) is 4.37. The molecule has 1 amide bonds. The molecule has 0 saturated carbocycles. The number of amides is 1. The summed E-state index contributed by atoms with van der Waals surface area (Å²) < 4.78 is 4.72. The quantitative estimate of drug-likeness (QED) is 0.807. The fourth-order valence-corrected chi connectivity index (χ4v) is 1.25. The molecule has 2 rings (SSSR count). The number of carbonyl (C=O) groups excluding carboxylic acids is 1. The molecule has 0 aliphatic carbocycles. The van der Waals surface area contributed by atoms with Gasteiger partial charge in [0, 0.05) is 5.69 Å². The molecule has 3 N–H and O–H groups in total. The number of nitrogens with two attached hydrogens (primary N) is 1. The van der Waals surface area contributed by atoms with Crippen LogP contribution in [0.15, 0.2) is 34.9 Å². The molecule has 0 atom stereocenters. The van der Waals surface area contributed by atoms with Crippen molar-refractivity contribution in [3.63, 3.8) is 0 Å². The Kier molecular flexibility index (Phi) is 2.75. The summed E-state index contributed by atoms with van der Waals surface area (Å²) >= 11 is 0. The number of hydrogen-bond acceptors (Lipinski definition) is 5. The first kappa shape index (κ1) is 10.7. The Morgan fingerprint density at radius 3 is 3.00 bits per heavy atom. The third-order valence-electron chi connectivity index (χ3n) is 2.00. The topological polar surface area (TPSA) is 105 Å². The first-order valence-corrected chi connectivity index (χ1v) is 4.71. The summed E-state index contributed by atoms with van der Waals surface area (Å²) in [5.74, 6) is -0.444. The molecule has 6 heteroatoms. The molecule has 0 aliphatic rings. The van der Waals surface area contributed by atoms with E-state index < -0.39 is 5.91 Å². The predicted molar refractivity (Wildman–Crippen MR) is 60.0 cm³/mol. The largest absolute Gasteiger partial charge is 0.431 e. The van der Waals surface area contributed by atoms with Gasteiger partial charge in [-0.25, -0.2) is 0 Å². The first-order chi connectivity index (χ1) is 8.19. The van der Waals surface area contributed by atoms with Crippen LogP contribution in [-0.4, -0.2) is 10.9 Å². The van der Waals surface area contributed by atoms with Gasteiger partial charge in [-0.05, 0) is 18.2 Å². The maximum atomic E-state index is 11.7. The third kappa shape index (κ3) is 2.41. The van der Waals surface area contributed by atoms with E-state index in [1.54, 1.807) is 24.3 Å². The molecule has 17 heavy (non-hydrogen) atoms. The Labute approximate surface area is 96.7 Å². The van der Waals surface area contributed by atoms with Crippen molar-refractivity contribution in [3.05, 3.63) is 41.8 Å². The van der Waals surface area contributed by atoms with E-state index in [-0.39, 0.29) is 11.7 Å². The molecular formula is C11H8N4O2. The summed E-state index contributed by atoms with van der Waals surface area (Å²) in [7, 11) is 0.